The number of likely N-dealkylation sites (tertiary alicyclic amines) is 1. The number of piperidine rings is 1. The summed E-state index contributed by atoms with van der Waals surface area (Å²) >= 11 is 0. The fourth-order valence-corrected chi connectivity index (χ4v) is 5.52. The van der Waals surface area contributed by atoms with Gasteiger partial charge in [-0.3, -0.25) is 9.59 Å². The second kappa shape index (κ2) is 8.27. The zero-order valence-electron chi connectivity index (χ0n) is 18.8. The van der Waals surface area contributed by atoms with E-state index in [1.165, 1.54) is 0 Å². The van der Waals surface area contributed by atoms with Gasteiger partial charge in [0.25, 0.3) is 0 Å². The molecule has 2 aromatic carbocycles. The summed E-state index contributed by atoms with van der Waals surface area (Å²) in [6.07, 6.45) is 5.55. The minimum atomic E-state index is -0.286. The Labute approximate surface area is 190 Å². The molecule has 5 heteroatoms. The molecule has 1 atom stereocenters. The smallest absolute Gasteiger partial charge is 0.233 e. The summed E-state index contributed by atoms with van der Waals surface area (Å²) in [4.78, 5) is 28.1. The van der Waals surface area contributed by atoms with Gasteiger partial charge in [0.15, 0.2) is 0 Å². The van der Waals surface area contributed by atoms with E-state index in [0.717, 1.165) is 68.5 Å². The SMILES string of the molecule is COc1cccc(CCNC(=O)[C@H]2CC23CCN(C(=O)C2(c4ccccc4)CC2)CC3)c1. The van der Waals surface area contributed by atoms with E-state index in [9.17, 15) is 9.59 Å². The van der Waals surface area contributed by atoms with Crippen molar-refractivity contribution in [1.82, 2.24) is 10.2 Å². The summed E-state index contributed by atoms with van der Waals surface area (Å²) in [6, 6.07) is 18.2. The van der Waals surface area contributed by atoms with E-state index in [-0.39, 0.29) is 22.7 Å². The molecule has 5 rings (SSSR count). The van der Waals surface area contributed by atoms with Crippen LogP contribution in [0.4, 0.5) is 0 Å². The lowest BCUT2D eigenvalue weighted by molar-refractivity contribution is -0.135. The highest BCUT2D eigenvalue weighted by molar-refractivity contribution is 5.91. The Kier molecular flexibility index (Phi) is 5.44. The van der Waals surface area contributed by atoms with E-state index in [0.29, 0.717) is 12.5 Å². The number of amides is 2. The Balaban J connectivity index is 1.10. The first-order chi connectivity index (χ1) is 15.6. The van der Waals surface area contributed by atoms with Crippen molar-refractivity contribution < 1.29 is 14.3 Å². The second-order valence-electron chi connectivity index (χ2n) is 9.75. The molecule has 2 saturated carbocycles. The van der Waals surface area contributed by atoms with Crippen molar-refractivity contribution in [3.05, 3.63) is 65.7 Å². The second-order valence-corrected chi connectivity index (χ2v) is 9.75. The van der Waals surface area contributed by atoms with Crippen molar-refractivity contribution in [2.75, 3.05) is 26.7 Å². The largest absolute Gasteiger partial charge is 0.497 e. The summed E-state index contributed by atoms with van der Waals surface area (Å²) in [5.41, 5.74) is 2.14. The fraction of sp³-hybridized carbons (Fsp3) is 0.481. The number of nitrogens with one attached hydrogen (secondary N) is 1. The van der Waals surface area contributed by atoms with Crippen LogP contribution in [0.5, 0.6) is 5.75 Å². The van der Waals surface area contributed by atoms with Gasteiger partial charge >= 0.3 is 0 Å². The van der Waals surface area contributed by atoms with Gasteiger partial charge in [-0.2, -0.15) is 0 Å². The highest BCUT2D eigenvalue weighted by Gasteiger charge is 2.60. The van der Waals surface area contributed by atoms with Gasteiger partial charge in [0.05, 0.1) is 12.5 Å². The van der Waals surface area contributed by atoms with E-state index < -0.39 is 0 Å². The Hall–Kier alpha value is -2.82. The number of carbonyl (C=O) groups is 2. The number of hydrogen-bond acceptors (Lipinski definition) is 3. The molecule has 0 aromatic heterocycles. The lowest BCUT2D eigenvalue weighted by Gasteiger charge is -2.35. The first-order valence-corrected chi connectivity index (χ1v) is 11.8. The van der Waals surface area contributed by atoms with Crippen LogP contribution in [0.2, 0.25) is 0 Å². The molecule has 168 valence electrons. The van der Waals surface area contributed by atoms with E-state index in [1.807, 2.05) is 36.4 Å². The highest BCUT2D eigenvalue weighted by Crippen LogP contribution is 2.60. The number of benzene rings is 2. The molecule has 3 aliphatic rings. The molecule has 1 spiro atoms. The van der Waals surface area contributed by atoms with Gasteiger partial charge in [0, 0.05) is 25.6 Å². The molecule has 3 fully saturated rings. The van der Waals surface area contributed by atoms with Gasteiger partial charge in [-0.25, -0.2) is 0 Å². The van der Waals surface area contributed by atoms with Gasteiger partial charge in [0.2, 0.25) is 11.8 Å². The van der Waals surface area contributed by atoms with Crippen molar-refractivity contribution in [2.45, 2.75) is 43.9 Å². The summed E-state index contributed by atoms with van der Waals surface area (Å²) in [7, 11) is 1.67. The van der Waals surface area contributed by atoms with Gasteiger partial charge in [0.1, 0.15) is 5.75 Å². The minimum absolute atomic E-state index is 0.106. The quantitative estimate of drug-likeness (QED) is 0.726. The first kappa shape index (κ1) is 21.0. The molecule has 2 aromatic rings. The Morgan fingerprint density at radius 2 is 1.78 bits per heavy atom. The molecule has 0 unspecified atom stereocenters. The summed E-state index contributed by atoms with van der Waals surface area (Å²) in [5, 5.41) is 3.13. The Bertz CT molecular complexity index is 991. The third-order valence-corrected chi connectivity index (χ3v) is 7.89. The van der Waals surface area contributed by atoms with E-state index >= 15 is 0 Å². The average Bonchev–Trinajstić information content (AvgIpc) is 3.76. The van der Waals surface area contributed by atoms with Crippen LogP contribution in [0.15, 0.2) is 54.6 Å². The average molecular weight is 433 g/mol. The van der Waals surface area contributed by atoms with Crippen LogP contribution >= 0.6 is 0 Å². The van der Waals surface area contributed by atoms with Crippen LogP contribution in [0.1, 0.15) is 43.2 Å². The normalized spacial score (nSPS) is 22.3. The fourth-order valence-electron chi connectivity index (χ4n) is 5.52. The summed E-state index contributed by atoms with van der Waals surface area (Å²) in [6.45, 7) is 2.20. The van der Waals surface area contributed by atoms with Crippen molar-refractivity contribution >= 4 is 11.8 Å². The van der Waals surface area contributed by atoms with Crippen LogP contribution in [0, 0.1) is 11.3 Å². The molecular weight excluding hydrogens is 400 g/mol. The lowest BCUT2D eigenvalue weighted by atomic mass is 9.88. The topological polar surface area (TPSA) is 58.6 Å². The maximum Gasteiger partial charge on any atom is 0.233 e. The number of methoxy groups -OCH3 is 1. The molecule has 2 amide bonds. The highest BCUT2D eigenvalue weighted by atomic mass is 16.5. The van der Waals surface area contributed by atoms with Gasteiger partial charge in [-0.05, 0) is 67.2 Å². The molecule has 1 heterocycles. The monoisotopic (exact) mass is 432 g/mol. The lowest BCUT2D eigenvalue weighted by Crippen LogP contribution is -2.45. The number of carbonyl (C=O) groups excluding carboxylic acids is 2. The molecular formula is C27H32N2O3. The van der Waals surface area contributed by atoms with Crippen molar-refractivity contribution in [2.24, 2.45) is 11.3 Å². The number of hydrogen-bond donors (Lipinski definition) is 1. The van der Waals surface area contributed by atoms with E-state index in [2.05, 4.69) is 28.4 Å². The molecule has 32 heavy (non-hydrogen) atoms. The van der Waals surface area contributed by atoms with E-state index in [1.54, 1.807) is 7.11 Å². The van der Waals surface area contributed by atoms with Gasteiger partial charge < -0.3 is 15.0 Å². The van der Waals surface area contributed by atoms with Crippen LogP contribution in [-0.2, 0) is 21.4 Å². The van der Waals surface area contributed by atoms with E-state index in [4.69, 9.17) is 4.74 Å². The molecule has 1 aliphatic heterocycles. The van der Waals surface area contributed by atoms with Crippen molar-refractivity contribution in [3.8, 4) is 5.75 Å². The molecule has 1 saturated heterocycles. The Morgan fingerprint density at radius 1 is 1.03 bits per heavy atom. The number of nitrogens with zero attached hydrogens (tertiary/aromatic N) is 1. The zero-order chi connectivity index (χ0) is 22.2. The van der Waals surface area contributed by atoms with Crippen molar-refractivity contribution in [1.29, 1.82) is 0 Å². The predicted octanol–water partition coefficient (Wildman–Crippen LogP) is 3.71. The van der Waals surface area contributed by atoms with Crippen LogP contribution in [-0.4, -0.2) is 43.5 Å². The zero-order valence-corrected chi connectivity index (χ0v) is 18.8. The summed E-state index contributed by atoms with van der Waals surface area (Å²) in [5.74, 6) is 1.42. The molecule has 0 bridgehead atoms. The number of ether oxygens (including phenoxy) is 1. The number of rotatable bonds is 7. The van der Waals surface area contributed by atoms with Crippen LogP contribution in [0.3, 0.4) is 0 Å². The van der Waals surface area contributed by atoms with Crippen LogP contribution in [0.25, 0.3) is 0 Å². The van der Waals surface area contributed by atoms with Crippen LogP contribution < -0.4 is 10.1 Å². The Morgan fingerprint density at radius 3 is 2.47 bits per heavy atom. The van der Waals surface area contributed by atoms with Crippen molar-refractivity contribution in [3.63, 3.8) is 0 Å². The molecule has 0 radical (unpaired) electrons. The predicted molar refractivity (Wildman–Crippen MR) is 123 cm³/mol. The molecule has 2 aliphatic carbocycles. The van der Waals surface area contributed by atoms with Gasteiger partial charge in [-0.1, -0.05) is 42.5 Å². The third kappa shape index (κ3) is 3.89. The molecule has 1 N–H and O–H groups in total. The van der Waals surface area contributed by atoms with Gasteiger partial charge in [-0.15, -0.1) is 0 Å². The molecule has 5 nitrogen and oxygen atoms in total. The maximum atomic E-state index is 13.3. The standard InChI is InChI=1S/C27H32N2O3/c1-32-22-9-5-6-20(18-22)10-15-28-24(30)23-19-26(23)13-16-29(17-14-26)25(31)27(11-12-27)21-7-3-2-4-8-21/h2-9,18,23H,10-17,19H2,1H3,(H,28,30)/t23-/m1/s1. The first-order valence-electron chi connectivity index (χ1n) is 11.8. The minimum Gasteiger partial charge on any atom is -0.497 e. The maximum absolute atomic E-state index is 13.3. The summed E-state index contributed by atoms with van der Waals surface area (Å²) < 4.78 is 5.27. The third-order valence-electron chi connectivity index (χ3n) is 7.89.